The van der Waals surface area contributed by atoms with E-state index in [1.54, 1.807) is 19.2 Å². The van der Waals surface area contributed by atoms with Crippen molar-refractivity contribution >= 4 is 5.69 Å². The predicted molar refractivity (Wildman–Crippen MR) is 66.6 cm³/mol. The molecule has 1 fully saturated rings. The van der Waals surface area contributed by atoms with Gasteiger partial charge in [0.2, 0.25) is 0 Å². The monoisotopic (exact) mass is 238 g/mol. The second kappa shape index (κ2) is 4.63. The summed E-state index contributed by atoms with van der Waals surface area (Å²) < 4.78 is 19.0. The number of hydrogen-bond donors (Lipinski definition) is 1. The summed E-state index contributed by atoms with van der Waals surface area (Å²) in [7, 11) is 3.60. The molecule has 2 rings (SSSR count). The van der Waals surface area contributed by atoms with E-state index in [9.17, 15) is 4.39 Å². The maximum atomic E-state index is 13.7. The van der Waals surface area contributed by atoms with Crippen molar-refractivity contribution in [2.75, 3.05) is 25.6 Å². The number of ether oxygens (including phenoxy) is 1. The smallest absolute Gasteiger partial charge is 0.146 e. The maximum Gasteiger partial charge on any atom is 0.146 e. The molecule has 1 saturated carbocycles. The van der Waals surface area contributed by atoms with Gasteiger partial charge in [0.1, 0.15) is 5.82 Å². The summed E-state index contributed by atoms with van der Waals surface area (Å²) in [6, 6.07) is 6.79. The summed E-state index contributed by atoms with van der Waals surface area (Å²) in [5, 5.41) is 0. The highest BCUT2D eigenvalue weighted by Crippen LogP contribution is 2.40. The van der Waals surface area contributed by atoms with Gasteiger partial charge in [0.15, 0.2) is 0 Å². The van der Waals surface area contributed by atoms with Crippen LogP contribution in [0.1, 0.15) is 12.8 Å². The molecule has 4 heteroatoms. The lowest BCUT2D eigenvalue weighted by Crippen LogP contribution is -2.63. The molecular formula is C13H19FN2O. The quantitative estimate of drug-likeness (QED) is 0.868. The molecule has 0 spiro atoms. The first kappa shape index (κ1) is 12.3. The topological polar surface area (TPSA) is 38.5 Å². The van der Waals surface area contributed by atoms with Crippen LogP contribution in [-0.2, 0) is 4.74 Å². The van der Waals surface area contributed by atoms with Crippen LogP contribution in [-0.4, -0.2) is 32.3 Å². The Labute approximate surface area is 101 Å². The summed E-state index contributed by atoms with van der Waals surface area (Å²) in [6.45, 7) is 0.512. The van der Waals surface area contributed by atoms with Crippen molar-refractivity contribution in [2.45, 2.75) is 24.5 Å². The van der Waals surface area contributed by atoms with Gasteiger partial charge < -0.3 is 15.4 Å². The molecule has 2 N–H and O–H groups in total. The molecule has 0 unspecified atom stereocenters. The Balaban J connectivity index is 2.19. The number of nitrogens with zero attached hydrogens (tertiary/aromatic N) is 1. The summed E-state index contributed by atoms with van der Waals surface area (Å²) >= 11 is 0. The fraction of sp³-hybridized carbons (Fsp3) is 0.538. The largest absolute Gasteiger partial charge is 0.381 e. The summed E-state index contributed by atoms with van der Waals surface area (Å²) in [4.78, 5) is 1.96. The van der Waals surface area contributed by atoms with E-state index < -0.39 is 0 Å². The second-order valence-electron chi connectivity index (χ2n) is 4.70. The third-order valence-corrected chi connectivity index (χ3v) is 3.85. The van der Waals surface area contributed by atoms with Crippen LogP contribution in [0.5, 0.6) is 0 Å². The molecule has 0 bridgehead atoms. The highest BCUT2D eigenvalue weighted by Gasteiger charge is 2.47. The molecule has 1 aliphatic rings. The minimum atomic E-state index is -0.205. The molecule has 1 aromatic rings. The number of anilines is 1. The minimum absolute atomic E-state index is 0.164. The molecular weight excluding hydrogens is 219 g/mol. The number of nitrogens with two attached hydrogens (primary N) is 1. The average Bonchev–Trinajstić information content (AvgIpc) is 2.29. The molecule has 0 amide bonds. The van der Waals surface area contributed by atoms with E-state index in [2.05, 4.69) is 0 Å². The van der Waals surface area contributed by atoms with E-state index in [-0.39, 0.29) is 17.5 Å². The molecule has 94 valence electrons. The lowest BCUT2D eigenvalue weighted by Gasteiger charge is -2.52. The van der Waals surface area contributed by atoms with Crippen molar-refractivity contribution in [3.8, 4) is 0 Å². The van der Waals surface area contributed by atoms with Crippen LogP contribution in [0.3, 0.4) is 0 Å². The van der Waals surface area contributed by atoms with E-state index in [1.165, 1.54) is 6.07 Å². The Hall–Kier alpha value is -1.13. The molecule has 17 heavy (non-hydrogen) atoms. The first-order valence-electron chi connectivity index (χ1n) is 5.84. The third kappa shape index (κ3) is 2.03. The Morgan fingerprint density at radius 3 is 2.65 bits per heavy atom. The summed E-state index contributed by atoms with van der Waals surface area (Å²) in [5.74, 6) is -0.205. The zero-order chi connectivity index (χ0) is 12.5. The van der Waals surface area contributed by atoms with Gasteiger partial charge in [-0.3, -0.25) is 0 Å². The number of benzene rings is 1. The van der Waals surface area contributed by atoms with Gasteiger partial charge in [0.05, 0.1) is 17.3 Å². The van der Waals surface area contributed by atoms with Crippen molar-refractivity contribution in [2.24, 2.45) is 5.73 Å². The van der Waals surface area contributed by atoms with Crippen molar-refractivity contribution in [3.05, 3.63) is 30.1 Å². The van der Waals surface area contributed by atoms with Crippen LogP contribution in [0.15, 0.2) is 24.3 Å². The van der Waals surface area contributed by atoms with Gasteiger partial charge in [-0.05, 0) is 25.0 Å². The van der Waals surface area contributed by atoms with E-state index in [0.717, 1.165) is 12.8 Å². The van der Waals surface area contributed by atoms with Crippen LogP contribution < -0.4 is 10.6 Å². The minimum Gasteiger partial charge on any atom is -0.381 e. The normalized spacial score (nSPS) is 27.6. The van der Waals surface area contributed by atoms with Gasteiger partial charge in [-0.2, -0.15) is 0 Å². The van der Waals surface area contributed by atoms with Crippen LogP contribution in [0.4, 0.5) is 10.1 Å². The van der Waals surface area contributed by atoms with Crippen molar-refractivity contribution in [1.29, 1.82) is 0 Å². The molecule has 0 atom stereocenters. The van der Waals surface area contributed by atoms with E-state index in [1.807, 2.05) is 18.0 Å². The fourth-order valence-corrected chi connectivity index (χ4v) is 2.51. The molecule has 0 saturated heterocycles. The SMILES string of the molecule is COC1CC(CN)(N(C)c2ccccc2F)C1. The first-order chi connectivity index (χ1) is 8.13. The molecule has 0 heterocycles. The number of methoxy groups -OCH3 is 1. The van der Waals surface area contributed by atoms with E-state index in [4.69, 9.17) is 10.5 Å². The average molecular weight is 238 g/mol. The number of likely N-dealkylation sites (N-methyl/N-ethyl adjacent to an activating group) is 1. The van der Waals surface area contributed by atoms with Gasteiger partial charge in [-0.15, -0.1) is 0 Å². The summed E-state index contributed by atoms with van der Waals surface area (Å²) in [6.07, 6.45) is 1.95. The first-order valence-corrected chi connectivity index (χ1v) is 5.84. The molecule has 0 aromatic heterocycles. The maximum absolute atomic E-state index is 13.7. The Bertz CT molecular complexity index is 391. The number of halogens is 1. The second-order valence-corrected chi connectivity index (χ2v) is 4.70. The number of para-hydroxylation sites is 1. The van der Waals surface area contributed by atoms with E-state index in [0.29, 0.717) is 12.2 Å². The van der Waals surface area contributed by atoms with Gasteiger partial charge in [0, 0.05) is 20.7 Å². The standard InChI is InChI=1S/C13H19FN2O/c1-16(12-6-4-3-5-11(12)14)13(9-15)7-10(8-13)17-2/h3-6,10H,7-9,15H2,1-2H3. The lowest BCUT2D eigenvalue weighted by atomic mass is 9.72. The van der Waals surface area contributed by atoms with Crippen molar-refractivity contribution < 1.29 is 9.13 Å². The zero-order valence-corrected chi connectivity index (χ0v) is 10.3. The van der Waals surface area contributed by atoms with Crippen LogP contribution >= 0.6 is 0 Å². The number of rotatable bonds is 4. The molecule has 1 aliphatic carbocycles. The third-order valence-electron chi connectivity index (χ3n) is 3.85. The Morgan fingerprint density at radius 1 is 1.47 bits per heavy atom. The van der Waals surface area contributed by atoms with Gasteiger partial charge >= 0.3 is 0 Å². The molecule has 1 aromatic carbocycles. The highest BCUT2D eigenvalue weighted by atomic mass is 19.1. The van der Waals surface area contributed by atoms with Gasteiger partial charge in [0.25, 0.3) is 0 Å². The van der Waals surface area contributed by atoms with E-state index >= 15 is 0 Å². The lowest BCUT2D eigenvalue weighted by molar-refractivity contribution is -0.0125. The number of hydrogen-bond acceptors (Lipinski definition) is 3. The Morgan fingerprint density at radius 2 is 2.12 bits per heavy atom. The van der Waals surface area contributed by atoms with Gasteiger partial charge in [-0.1, -0.05) is 12.1 Å². The summed E-state index contributed by atoms with van der Waals surface area (Å²) in [5.41, 5.74) is 6.29. The molecule has 0 aliphatic heterocycles. The highest BCUT2D eigenvalue weighted by molar-refractivity contribution is 5.50. The van der Waals surface area contributed by atoms with Crippen LogP contribution in [0, 0.1) is 5.82 Å². The van der Waals surface area contributed by atoms with Crippen molar-refractivity contribution in [1.82, 2.24) is 0 Å². The predicted octanol–water partition coefficient (Wildman–Crippen LogP) is 1.77. The molecule has 3 nitrogen and oxygen atoms in total. The Kier molecular flexibility index (Phi) is 3.35. The molecule has 0 radical (unpaired) electrons. The van der Waals surface area contributed by atoms with Gasteiger partial charge in [-0.25, -0.2) is 4.39 Å². The zero-order valence-electron chi connectivity index (χ0n) is 10.3. The fourth-order valence-electron chi connectivity index (χ4n) is 2.51. The van der Waals surface area contributed by atoms with Crippen LogP contribution in [0.2, 0.25) is 0 Å². The van der Waals surface area contributed by atoms with Crippen LogP contribution in [0.25, 0.3) is 0 Å². The van der Waals surface area contributed by atoms with Crippen molar-refractivity contribution in [3.63, 3.8) is 0 Å².